The van der Waals surface area contributed by atoms with Crippen molar-refractivity contribution >= 4 is 5.78 Å². The van der Waals surface area contributed by atoms with Crippen LogP contribution < -0.4 is 0 Å². The lowest BCUT2D eigenvalue weighted by Gasteiger charge is -2.62. The smallest absolute Gasteiger partial charge is 0.133 e. The molecule has 4 fully saturated rings. The zero-order valence-electron chi connectivity index (χ0n) is 16.4. The minimum atomic E-state index is -0.791. The van der Waals surface area contributed by atoms with Crippen molar-refractivity contribution in [1.82, 2.24) is 0 Å². The van der Waals surface area contributed by atoms with Crippen LogP contribution in [0.1, 0.15) is 79.1 Å². The minimum Gasteiger partial charge on any atom is -0.377 e. The van der Waals surface area contributed by atoms with Crippen molar-refractivity contribution in [2.45, 2.75) is 84.7 Å². The van der Waals surface area contributed by atoms with Crippen LogP contribution in [0.5, 0.6) is 0 Å². The van der Waals surface area contributed by atoms with E-state index in [0.717, 1.165) is 44.4 Å². The Kier molecular flexibility index (Phi) is 3.94. The monoisotopic (exact) mass is 342 g/mol. The van der Waals surface area contributed by atoms with E-state index in [0.29, 0.717) is 34.9 Å². The molecule has 0 saturated heterocycles. The number of hydrogen-bond donors (Lipinski definition) is 1. The van der Waals surface area contributed by atoms with Gasteiger partial charge < -0.3 is 5.11 Å². The summed E-state index contributed by atoms with van der Waals surface area (Å²) in [7, 11) is 0. The molecular formula is C23H34O2. The van der Waals surface area contributed by atoms with Gasteiger partial charge in [-0.1, -0.05) is 26.7 Å². The third-order valence-electron chi connectivity index (χ3n) is 9.34. The van der Waals surface area contributed by atoms with Gasteiger partial charge in [-0.2, -0.15) is 0 Å². The van der Waals surface area contributed by atoms with E-state index in [1.807, 2.05) is 6.92 Å². The normalized spacial score (nSPS) is 54.8. The maximum absolute atomic E-state index is 12.1. The van der Waals surface area contributed by atoms with Crippen LogP contribution >= 0.6 is 0 Å². The highest BCUT2D eigenvalue weighted by Gasteiger charge is 2.65. The molecule has 2 heteroatoms. The van der Waals surface area contributed by atoms with Gasteiger partial charge in [-0.3, -0.25) is 4.79 Å². The number of aliphatic hydroxyl groups is 1. The fourth-order valence-corrected chi connectivity index (χ4v) is 7.94. The summed E-state index contributed by atoms with van der Waals surface area (Å²) >= 11 is 0. The van der Waals surface area contributed by atoms with E-state index >= 15 is 0 Å². The Labute approximate surface area is 153 Å². The van der Waals surface area contributed by atoms with Crippen LogP contribution in [0.15, 0.2) is 0 Å². The summed E-state index contributed by atoms with van der Waals surface area (Å²) in [6, 6.07) is 0. The minimum absolute atomic E-state index is 0.0510. The van der Waals surface area contributed by atoms with E-state index in [-0.39, 0.29) is 5.41 Å². The number of carbonyl (C=O) groups is 1. The van der Waals surface area contributed by atoms with Gasteiger partial charge in [-0.15, -0.1) is 5.92 Å². The van der Waals surface area contributed by atoms with Crippen molar-refractivity contribution in [3.63, 3.8) is 0 Å². The van der Waals surface area contributed by atoms with E-state index in [1.54, 1.807) is 0 Å². The van der Waals surface area contributed by atoms with E-state index in [2.05, 4.69) is 32.6 Å². The molecule has 0 aromatic carbocycles. The zero-order chi connectivity index (χ0) is 18.0. The molecule has 4 aliphatic rings. The molecular weight excluding hydrogens is 308 g/mol. The molecule has 0 aliphatic heterocycles. The first-order valence-electron chi connectivity index (χ1n) is 10.4. The first-order valence-corrected chi connectivity index (χ1v) is 10.4. The molecule has 1 N–H and O–H groups in total. The van der Waals surface area contributed by atoms with E-state index < -0.39 is 5.60 Å². The van der Waals surface area contributed by atoms with Crippen molar-refractivity contribution in [3.05, 3.63) is 0 Å². The maximum atomic E-state index is 12.1. The molecule has 0 aromatic heterocycles. The average Bonchev–Trinajstić information content (AvgIpc) is 2.82. The van der Waals surface area contributed by atoms with Gasteiger partial charge in [0.15, 0.2) is 0 Å². The third-order valence-corrected chi connectivity index (χ3v) is 9.34. The lowest BCUT2D eigenvalue weighted by Crippen LogP contribution is -2.58. The highest BCUT2D eigenvalue weighted by atomic mass is 16.3. The Balaban J connectivity index is 1.69. The largest absolute Gasteiger partial charge is 0.377 e. The van der Waals surface area contributed by atoms with Gasteiger partial charge in [0.25, 0.3) is 0 Å². The lowest BCUT2D eigenvalue weighted by atomic mass is 9.42. The Hall–Kier alpha value is -0.810. The van der Waals surface area contributed by atoms with E-state index in [1.165, 1.54) is 12.8 Å². The van der Waals surface area contributed by atoms with Crippen molar-refractivity contribution in [1.29, 1.82) is 0 Å². The van der Waals surface area contributed by atoms with Crippen LogP contribution in [0.2, 0.25) is 0 Å². The fourth-order valence-electron chi connectivity index (χ4n) is 7.94. The van der Waals surface area contributed by atoms with Gasteiger partial charge >= 0.3 is 0 Å². The Morgan fingerprint density at radius 1 is 1.08 bits per heavy atom. The first-order chi connectivity index (χ1) is 11.7. The van der Waals surface area contributed by atoms with Crippen LogP contribution in [0.25, 0.3) is 0 Å². The molecule has 4 rings (SSSR count). The molecule has 0 amide bonds. The van der Waals surface area contributed by atoms with Crippen LogP contribution in [-0.4, -0.2) is 16.5 Å². The summed E-state index contributed by atoms with van der Waals surface area (Å²) in [5.74, 6) is 9.93. The molecule has 0 heterocycles. The van der Waals surface area contributed by atoms with Gasteiger partial charge in [-0.05, 0) is 80.5 Å². The molecule has 25 heavy (non-hydrogen) atoms. The van der Waals surface area contributed by atoms with Crippen molar-refractivity contribution in [3.8, 4) is 11.8 Å². The summed E-state index contributed by atoms with van der Waals surface area (Å²) in [5.41, 5.74) is -0.514. The topological polar surface area (TPSA) is 37.3 Å². The highest BCUT2D eigenvalue weighted by Crippen LogP contribution is 2.68. The van der Waals surface area contributed by atoms with Crippen LogP contribution in [0, 0.1) is 52.3 Å². The highest BCUT2D eigenvalue weighted by molar-refractivity contribution is 5.79. The number of Topliss-reactive ketones (excluding diaryl/α,β-unsaturated/α-hetero) is 1. The second-order valence-corrected chi connectivity index (χ2v) is 10.2. The summed E-state index contributed by atoms with van der Waals surface area (Å²) < 4.78 is 0. The van der Waals surface area contributed by atoms with Gasteiger partial charge in [0, 0.05) is 18.3 Å². The third kappa shape index (κ3) is 2.24. The molecule has 2 nitrogen and oxygen atoms in total. The number of fused-ring (bicyclic) bond motifs is 5. The molecule has 0 radical (unpaired) electrons. The fraction of sp³-hybridized carbons (Fsp3) is 0.870. The average molecular weight is 343 g/mol. The van der Waals surface area contributed by atoms with Crippen LogP contribution in [0.3, 0.4) is 0 Å². The summed E-state index contributed by atoms with van der Waals surface area (Å²) in [6.45, 7) is 9.05. The van der Waals surface area contributed by atoms with Gasteiger partial charge in [0.1, 0.15) is 11.4 Å². The molecule has 0 bridgehead atoms. The number of carbonyl (C=O) groups excluding carboxylic acids is 1. The molecule has 8 atom stereocenters. The second kappa shape index (κ2) is 5.59. The van der Waals surface area contributed by atoms with Crippen molar-refractivity contribution < 1.29 is 9.90 Å². The molecule has 8 unspecified atom stereocenters. The maximum Gasteiger partial charge on any atom is 0.133 e. The predicted molar refractivity (Wildman–Crippen MR) is 99.7 cm³/mol. The van der Waals surface area contributed by atoms with Gasteiger partial charge in [0.05, 0.1) is 0 Å². The Morgan fingerprint density at radius 2 is 1.80 bits per heavy atom. The number of rotatable bonds is 0. The molecule has 4 aliphatic carbocycles. The summed E-state index contributed by atoms with van der Waals surface area (Å²) in [5, 5.41) is 11.3. The summed E-state index contributed by atoms with van der Waals surface area (Å²) in [4.78, 5) is 12.1. The van der Waals surface area contributed by atoms with Crippen LogP contribution in [-0.2, 0) is 4.79 Å². The quantitative estimate of drug-likeness (QED) is 0.653. The molecule has 4 saturated carbocycles. The number of hydrogen-bond acceptors (Lipinski definition) is 2. The number of ketones is 1. The standard InChI is InChI=1S/C23H34O2/c1-5-9-23(25)12-8-19-17-13-15(2)20-14-16(24)6-10-21(20,3)18(17)7-11-22(19,23)4/h15,17-20,25H,6-8,10-14H2,1-4H3. The van der Waals surface area contributed by atoms with E-state index in [9.17, 15) is 9.90 Å². The SMILES string of the molecule is CC#CC1(O)CCC2C3CC(C)C4CC(=O)CCC4(C)C3CCC21C. The lowest BCUT2D eigenvalue weighted by molar-refractivity contribution is -0.158. The Bertz CT molecular complexity index is 642. The molecule has 138 valence electrons. The zero-order valence-corrected chi connectivity index (χ0v) is 16.4. The first kappa shape index (κ1) is 17.6. The van der Waals surface area contributed by atoms with E-state index in [4.69, 9.17) is 0 Å². The molecule has 0 aromatic rings. The summed E-state index contributed by atoms with van der Waals surface area (Å²) in [6.07, 6.45) is 8.19. The van der Waals surface area contributed by atoms with Gasteiger partial charge in [-0.25, -0.2) is 0 Å². The second-order valence-electron chi connectivity index (χ2n) is 10.2. The molecule has 0 spiro atoms. The van der Waals surface area contributed by atoms with Crippen LogP contribution in [0.4, 0.5) is 0 Å². The Morgan fingerprint density at radius 3 is 2.52 bits per heavy atom. The van der Waals surface area contributed by atoms with Crippen molar-refractivity contribution in [2.24, 2.45) is 40.4 Å². The van der Waals surface area contributed by atoms with Gasteiger partial charge in [0.2, 0.25) is 0 Å². The predicted octanol–water partition coefficient (Wildman–Crippen LogP) is 4.60. The van der Waals surface area contributed by atoms with Crippen molar-refractivity contribution in [2.75, 3.05) is 0 Å².